The molecule has 5 rings (SSSR count). The van der Waals surface area contributed by atoms with Gasteiger partial charge < -0.3 is 5.32 Å². The number of rotatable bonds is 5. The van der Waals surface area contributed by atoms with Gasteiger partial charge in [0.2, 0.25) is 5.91 Å². The second-order valence-electron chi connectivity index (χ2n) is 7.27. The molecular formula is C25H20N4OS. The number of aromatic nitrogens is 3. The molecular weight excluding hydrogens is 404 g/mol. The van der Waals surface area contributed by atoms with Gasteiger partial charge in [-0.3, -0.25) is 9.20 Å². The number of carbonyl (C=O) groups is 1. The quantitative estimate of drug-likeness (QED) is 0.374. The van der Waals surface area contributed by atoms with Crippen LogP contribution in [-0.2, 0) is 4.79 Å². The Morgan fingerprint density at radius 2 is 1.68 bits per heavy atom. The van der Waals surface area contributed by atoms with Crippen LogP contribution in [0.5, 0.6) is 0 Å². The molecule has 3 aromatic carbocycles. The maximum Gasteiger partial charge on any atom is 0.234 e. The Bertz CT molecular complexity index is 1400. The van der Waals surface area contributed by atoms with Crippen LogP contribution in [0.1, 0.15) is 5.56 Å². The summed E-state index contributed by atoms with van der Waals surface area (Å²) in [6, 6.07) is 28.1. The highest BCUT2D eigenvalue weighted by molar-refractivity contribution is 7.99. The Hall–Kier alpha value is -3.64. The summed E-state index contributed by atoms with van der Waals surface area (Å²) in [6.07, 6.45) is 0. The number of fused-ring (bicyclic) bond motifs is 3. The van der Waals surface area contributed by atoms with Gasteiger partial charge in [0, 0.05) is 16.6 Å². The number of hydrogen-bond donors (Lipinski definition) is 1. The van der Waals surface area contributed by atoms with Crippen molar-refractivity contribution in [2.45, 2.75) is 12.1 Å². The van der Waals surface area contributed by atoms with E-state index in [-0.39, 0.29) is 11.7 Å². The van der Waals surface area contributed by atoms with Gasteiger partial charge >= 0.3 is 0 Å². The number of hydrogen-bond acceptors (Lipinski definition) is 4. The second-order valence-corrected chi connectivity index (χ2v) is 8.21. The van der Waals surface area contributed by atoms with Crippen LogP contribution in [0.2, 0.25) is 0 Å². The second kappa shape index (κ2) is 8.24. The summed E-state index contributed by atoms with van der Waals surface area (Å²) < 4.78 is 2.01. The minimum atomic E-state index is -0.0819. The van der Waals surface area contributed by atoms with Crippen molar-refractivity contribution in [2.75, 3.05) is 11.1 Å². The monoisotopic (exact) mass is 424 g/mol. The topological polar surface area (TPSA) is 59.3 Å². The van der Waals surface area contributed by atoms with Crippen molar-refractivity contribution in [3.8, 4) is 11.1 Å². The summed E-state index contributed by atoms with van der Waals surface area (Å²) in [6.45, 7) is 2.07. The molecule has 152 valence electrons. The molecule has 5 aromatic rings. The van der Waals surface area contributed by atoms with Crippen LogP contribution in [0.4, 0.5) is 5.69 Å². The highest BCUT2D eigenvalue weighted by Gasteiger charge is 2.14. The van der Waals surface area contributed by atoms with Gasteiger partial charge in [-0.2, -0.15) is 0 Å². The summed E-state index contributed by atoms with van der Waals surface area (Å²) >= 11 is 1.38. The molecule has 0 spiro atoms. The average molecular weight is 425 g/mol. The van der Waals surface area contributed by atoms with Crippen LogP contribution in [0, 0.1) is 6.92 Å². The number of pyridine rings is 1. The molecule has 6 heteroatoms. The molecule has 31 heavy (non-hydrogen) atoms. The third kappa shape index (κ3) is 3.78. The lowest BCUT2D eigenvalue weighted by molar-refractivity contribution is -0.113. The zero-order chi connectivity index (χ0) is 21.2. The molecule has 0 atom stereocenters. The van der Waals surface area contributed by atoms with Crippen molar-refractivity contribution < 1.29 is 4.79 Å². The summed E-state index contributed by atoms with van der Waals surface area (Å²) in [5, 5.41) is 13.5. The Kier molecular flexibility index (Phi) is 5.14. The molecule has 2 aromatic heterocycles. The zero-order valence-electron chi connectivity index (χ0n) is 16.9. The smallest absolute Gasteiger partial charge is 0.234 e. The first-order chi connectivity index (χ1) is 15.2. The molecule has 0 saturated heterocycles. The number of carbonyl (C=O) groups excluding carboxylic acids is 1. The normalized spacial score (nSPS) is 11.1. The van der Waals surface area contributed by atoms with Gasteiger partial charge in [0.05, 0.1) is 11.3 Å². The van der Waals surface area contributed by atoms with E-state index in [4.69, 9.17) is 0 Å². The molecule has 0 aliphatic rings. The standard InChI is InChI=1S/C25H20N4OS/c1-17-15-23-27-28-25(29(23)22-14-8-6-11-19(17)22)31-16-24(30)26-21-13-7-5-12-20(21)18-9-3-2-4-10-18/h2-15H,16H2,1H3,(H,26,30). The van der Waals surface area contributed by atoms with E-state index in [0.29, 0.717) is 5.16 Å². The van der Waals surface area contributed by atoms with Gasteiger partial charge in [0.25, 0.3) is 0 Å². The van der Waals surface area contributed by atoms with Crippen molar-refractivity contribution >= 4 is 39.9 Å². The maximum atomic E-state index is 12.8. The third-order valence-electron chi connectivity index (χ3n) is 5.19. The fourth-order valence-electron chi connectivity index (χ4n) is 3.75. The Balaban J connectivity index is 1.38. The number of nitrogens with zero attached hydrogens (tertiary/aromatic N) is 3. The summed E-state index contributed by atoms with van der Waals surface area (Å²) in [5.74, 6) is 0.160. The average Bonchev–Trinajstić information content (AvgIpc) is 3.22. The van der Waals surface area contributed by atoms with Crippen molar-refractivity contribution in [1.82, 2.24) is 14.6 Å². The molecule has 0 bridgehead atoms. The third-order valence-corrected chi connectivity index (χ3v) is 6.12. The number of para-hydroxylation sites is 2. The number of benzene rings is 3. The van der Waals surface area contributed by atoms with E-state index in [1.54, 1.807) is 0 Å². The van der Waals surface area contributed by atoms with Gasteiger partial charge in [-0.25, -0.2) is 0 Å². The van der Waals surface area contributed by atoms with Crippen molar-refractivity contribution in [1.29, 1.82) is 0 Å². The minimum Gasteiger partial charge on any atom is -0.325 e. The lowest BCUT2D eigenvalue weighted by Crippen LogP contribution is -2.15. The van der Waals surface area contributed by atoms with Gasteiger partial charge in [-0.1, -0.05) is 78.5 Å². The Morgan fingerprint density at radius 3 is 2.55 bits per heavy atom. The lowest BCUT2D eigenvalue weighted by Gasteiger charge is -2.11. The van der Waals surface area contributed by atoms with Gasteiger partial charge in [-0.15, -0.1) is 10.2 Å². The van der Waals surface area contributed by atoms with E-state index >= 15 is 0 Å². The van der Waals surface area contributed by atoms with E-state index in [9.17, 15) is 4.79 Å². The minimum absolute atomic E-state index is 0.0819. The molecule has 0 saturated carbocycles. The maximum absolute atomic E-state index is 12.8. The predicted octanol–water partition coefficient (Wildman–Crippen LogP) is 5.59. The van der Waals surface area contributed by atoms with Crippen LogP contribution < -0.4 is 5.32 Å². The van der Waals surface area contributed by atoms with E-state index in [2.05, 4.69) is 34.6 Å². The first kappa shape index (κ1) is 19.3. The van der Waals surface area contributed by atoms with Crippen LogP contribution in [0.25, 0.3) is 27.7 Å². The summed E-state index contributed by atoms with van der Waals surface area (Å²) in [7, 11) is 0. The molecule has 0 radical (unpaired) electrons. The van der Waals surface area contributed by atoms with Crippen molar-refractivity contribution in [3.05, 3.63) is 90.5 Å². The molecule has 1 amide bonds. The molecule has 0 aliphatic heterocycles. The number of thioether (sulfide) groups is 1. The van der Waals surface area contributed by atoms with Gasteiger partial charge in [0.15, 0.2) is 10.8 Å². The van der Waals surface area contributed by atoms with E-state index in [1.165, 1.54) is 11.8 Å². The fraction of sp³-hybridized carbons (Fsp3) is 0.0800. The SMILES string of the molecule is Cc1cc2nnc(SCC(=O)Nc3ccccc3-c3ccccc3)n2c2ccccc12. The Morgan fingerprint density at radius 1 is 0.935 bits per heavy atom. The molecule has 0 unspecified atom stereocenters. The first-order valence-electron chi connectivity index (χ1n) is 10.0. The van der Waals surface area contributed by atoms with Crippen molar-refractivity contribution in [3.63, 3.8) is 0 Å². The number of amides is 1. The van der Waals surface area contributed by atoms with Gasteiger partial charge in [-0.05, 0) is 36.2 Å². The van der Waals surface area contributed by atoms with Crippen LogP contribution in [0.15, 0.2) is 90.1 Å². The van der Waals surface area contributed by atoms with Crippen LogP contribution in [0.3, 0.4) is 0 Å². The lowest BCUT2D eigenvalue weighted by atomic mass is 10.0. The number of anilines is 1. The van der Waals surface area contributed by atoms with Crippen LogP contribution in [-0.4, -0.2) is 26.3 Å². The fourth-order valence-corrected chi connectivity index (χ4v) is 4.50. The van der Waals surface area contributed by atoms with E-state index in [1.807, 2.05) is 77.2 Å². The largest absolute Gasteiger partial charge is 0.325 e. The molecule has 5 nitrogen and oxygen atoms in total. The number of nitrogens with one attached hydrogen (secondary N) is 1. The molecule has 1 N–H and O–H groups in total. The Labute approximate surface area is 184 Å². The predicted molar refractivity (Wildman–Crippen MR) is 126 cm³/mol. The molecule has 2 heterocycles. The zero-order valence-corrected chi connectivity index (χ0v) is 17.8. The molecule has 0 aliphatic carbocycles. The van der Waals surface area contributed by atoms with Crippen LogP contribution >= 0.6 is 11.8 Å². The number of aryl methyl sites for hydroxylation is 1. The summed E-state index contributed by atoms with van der Waals surface area (Å²) in [5.41, 5.74) is 5.84. The van der Waals surface area contributed by atoms with Crippen molar-refractivity contribution in [2.24, 2.45) is 0 Å². The first-order valence-corrected chi connectivity index (χ1v) is 11.0. The van der Waals surface area contributed by atoms with Gasteiger partial charge in [0.1, 0.15) is 0 Å². The highest BCUT2D eigenvalue weighted by Crippen LogP contribution is 2.29. The molecule has 0 fully saturated rings. The summed E-state index contributed by atoms with van der Waals surface area (Å²) in [4.78, 5) is 12.8. The highest BCUT2D eigenvalue weighted by atomic mass is 32.2. The van der Waals surface area contributed by atoms with E-state index in [0.717, 1.165) is 38.9 Å². The van der Waals surface area contributed by atoms with E-state index < -0.39 is 0 Å².